The Balaban J connectivity index is 2.38. The third-order valence-electron chi connectivity index (χ3n) is 4.53. The van der Waals surface area contributed by atoms with Gasteiger partial charge in [0.25, 0.3) is 0 Å². The van der Waals surface area contributed by atoms with Crippen molar-refractivity contribution in [1.82, 2.24) is 4.72 Å². The lowest BCUT2D eigenvalue weighted by atomic mass is 9.97. The van der Waals surface area contributed by atoms with Crippen molar-refractivity contribution in [1.29, 1.82) is 0 Å². The number of rotatable bonds is 10. The van der Waals surface area contributed by atoms with Gasteiger partial charge in [0, 0.05) is 6.42 Å². The molecule has 2 heterocycles. The van der Waals surface area contributed by atoms with Crippen LogP contribution in [0.1, 0.15) is 6.42 Å². The molecule has 2 aliphatic rings. The fraction of sp³-hybridized carbons (Fsp3) is 0.917. The minimum atomic E-state index is -5.35. The van der Waals surface area contributed by atoms with Crippen LogP contribution in [-0.2, 0) is 58.5 Å². The number of ether oxygens (including phenoxy) is 3. The molecule has 2 rings (SSSR count). The molecule has 23 heteroatoms. The Hall–Kier alpha value is -1.16. The summed E-state index contributed by atoms with van der Waals surface area (Å²) in [6.07, 6.45) is -18.0. The number of hydrogen-bond acceptors (Lipinski definition) is 15. The number of carboxylic acid groups (broad SMARTS) is 1. The molecule has 0 amide bonds. The molecule has 0 aromatic heterocycles. The molecule has 0 bridgehead atoms. The van der Waals surface area contributed by atoms with Crippen molar-refractivity contribution in [3.05, 3.63) is 0 Å². The summed E-state index contributed by atoms with van der Waals surface area (Å²) >= 11 is 0. The van der Waals surface area contributed by atoms with Crippen LogP contribution in [0.3, 0.4) is 0 Å². The molecule has 0 aromatic rings. The number of aliphatic hydroxyl groups is 3. The summed E-state index contributed by atoms with van der Waals surface area (Å²) in [6.45, 7) is -0.979. The fourth-order valence-corrected chi connectivity index (χ4v) is 4.63. The Labute approximate surface area is 197 Å². The van der Waals surface area contributed by atoms with E-state index < -0.39 is 105 Å². The Morgan fingerprint density at radius 3 is 2.03 bits per heavy atom. The first kappa shape index (κ1) is 30.1. The van der Waals surface area contributed by atoms with E-state index in [1.54, 1.807) is 0 Å². The molecule has 2 saturated heterocycles. The molecule has 2 aliphatic heterocycles. The molecule has 0 unspecified atom stereocenters. The van der Waals surface area contributed by atoms with Crippen LogP contribution in [0, 0.1) is 0 Å². The van der Waals surface area contributed by atoms with Gasteiger partial charge in [0.05, 0.1) is 18.8 Å². The first-order chi connectivity index (χ1) is 15.8. The summed E-state index contributed by atoms with van der Waals surface area (Å²) in [7, 11) is -15.5. The predicted octanol–water partition coefficient (Wildman–Crippen LogP) is -5.22. The van der Waals surface area contributed by atoms with Crippen LogP contribution in [0.25, 0.3) is 0 Å². The predicted molar refractivity (Wildman–Crippen MR) is 101 cm³/mol. The molecule has 8 N–H and O–H groups in total. The molecular formula is C12H21NO19S3. The average Bonchev–Trinajstić information content (AvgIpc) is 2.65. The smallest absolute Gasteiger partial charge is 0.397 e. The summed E-state index contributed by atoms with van der Waals surface area (Å²) in [4.78, 5) is 11.5. The largest absolute Gasteiger partial charge is 0.479 e. The Morgan fingerprint density at radius 2 is 1.54 bits per heavy atom. The maximum Gasteiger partial charge on any atom is 0.397 e. The van der Waals surface area contributed by atoms with Crippen LogP contribution >= 0.6 is 0 Å². The molecule has 2 fully saturated rings. The minimum absolute atomic E-state index is 0.595. The Bertz CT molecular complexity index is 1070. The second-order valence-corrected chi connectivity index (χ2v) is 10.5. The quantitative estimate of drug-likeness (QED) is 0.112. The molecule has 0 spiro atoms. The Kier molecular flexibility index (Phi) is 9.51. The topological polar surface area (TPSA) is 319 Å². The molecule has 0 aliphatic carbocycles. The molecule has 9 atom stereocenters. The minimum Gasteiger partial charge on any atom is -0.479 e. The van der Waals surface area contributed by atoms with E-state index in [1.165, 1.54) is 4.72 Å². The van der Waals surface area contributed by atoms with Crippen LogP contribution in [-0.4, -0.2) is 127 Å². The third-order valence-corrected chi connectivity index (χ3v) is 6.00. The maximum atomic E-state index is 11.5. The van der Waals surface area contributed by atoms with Crippen molar-refractivity contribution >= 4 is 37.1 Å². The van der Waals surface area contributed by atoms with Crippen molar-refractivity contribution in [2.24, 2.45) is 0 Å². The number of hydrogen-bond donors (Lipinski definition) is 8. The SMILES string of the molecule is O=C(O)[C@@H]1O[C@@H](O)[C@H](OS(=O)(=O)O)[C@@H](O)[C@@H]1O[C@H]1O[C@H](COS(=O)(=O)O)C[C@H](O)[C@H]1NS(=O)(=O)O. The normalized spacial score (nSPS) is 37.1. The third kappa shape index (κ3) is 9.02. The lowest BCUT2D eigenvalue weighted by molar-refractivity contribution is -0.322. The second kappa shape index (κ2) is 11.1. The highest BCUT2D eigenvalue weighted by Crippen LogP contribution is 2.30. The van der Waals surface area contributed by atoms with Gasteiger partial charge in [-0.25, -0.2) is 13.2 Å². The zero-order valence-corrected chi connectivity index (χ0v) is 19.3. The van der Waals surface area contributed by atoms with Crippen LogP contribution in [0.4, 0.5) is 0 Å². The molecule has 0 saturated carbocycles. The highest BCUT2D eigenvalue weighted by atomic mass is 32.3. The van der Waals surface area contributed by atoms with Crippen molar-refractivity contribution in [3.63, 3.8) is 0 Å². The van der Waals surface area contributed by atoms with Gasteiger partial charge in [-0.2, -0.15) is 30.0 Å². The molecular weight excluding hydrogens is 558 g/mol. The van der Waals surface area contributed by atoms with E-state index in [1.807, 2.05) is 0 Å². The maximum absolute atomic E-state index is 11.5. The first-order valence-electron chi connectivity index (χ1n) is 9.03. The molecule has 35 heavy (non-hydrogen) atoms. The summed E-state index contributed by atoms with van der Waals surface area (Å²) in [5.74, 6) is -1.92. The second-order valence-electron chi connectivity index (χ2n) is 7.13. The van der Waals surface area contributed by atoms with Crippen LogP contribution in [0.15, 0.2) is 0 Å². The number of carboxylic acids is 1. The van der Waals surface area contributed by atoms with Gasteiger partial charge in [-0.05, 0) is 0 Å². The van der Waals surface area contributed by atoms with Crippen LogP contribution in [0.5, 0.6) is 0 Å². The summed E-state index contributed by atoms with van der Waals surface area (Å²) < 4.78 is 117. The molecule has 0 radical (unpaired) electrons. The fourth-order valence-electron chi connectivity index (χ4n) is 3.21. The van der Waals surface area contributed by atoms with E-state index in [0.717, 1.165) is 0 Å². The van der Waals surface area contributed by atoms with Gasteiger partial charge in [-0.1, -0.05) is 0 Å². The number of carbonyl (C=O) groups is 1. The van der Waals surface area contributed by atoms with Gasteiger partial charge in [0.2, 0.25) is 0 Å². The van der Waals surface area contributed by atoms with Crippen molar-refractivity contribution < 1.29 is 86.7 Å². The zero-order chi connectivity index (χ0) is 26.9. The van der Waals surface area contributed by atoms with E-state index in [2.05, 4.69) is 13.1 Å². The zero-order valence-electron chi connectivity index (χ0n) is 16.9. The van der Waals surface area contributed by atoms with Crippen molar-refractivity contribution in [2.45, 2.75) is 61.7 Å². The van der Waals surface area contributed by atoms with Gasteiger partial charge in [-0.15, -0.1) is 0 Å². The van der Waals surface area contributed by atoms with E-state index in [0.29, 0.717) is 0 Å². The van der Waals surface area contributed by atoms with Crippen LogP contribution in [0.2, 0.25) is 0 Å². The highest BCUT2D eigenvalue weighted by molar-refractivity contribution is 7.83. The van der Waals surface area contributed by atoms with Gasteiger partial charge < -0.3 is 34.6 Å². The summed E-state index contributed by atoms with van der Waals surface area (Å²) in [5.41, 5.74) is 0. The van der Waals surface area contributed by atoms with E-state index in [9.17, 15) is 50.5 Å². The van der Waals surface area contributed by atoms with Crippen LogP contribution < -0.4 is 4.72 Å². The highest BCUT2D eigenvalue weighted by Gasteiger charge is 2.53. The summed E-state index contributed by atoms with van der Waals surface area (Å²) in [5, 5.41) is 39.8. The van der Waals surface area contributed by atoms with Crippen molar-refractivity contribution in [3.8, 4) is 0 Å². The Morgan fingerprint density at radius 1 is 0.943 bits per heavy atom. The average molecular weight is 579 g/mol. The monoisotopic (exact) mass is 579 g/mol. The molecule has 20 nitrogen and oxygen atoms in total. The number of nitrogens with one attached hydrogen (secondary N) is 1. The van der Waals surface area contributed by atoms with Gasteiger partial charge in [0.1, 0.15) is 18.2 Å². The number of aliphatic hydroxyl groups excluding tert-OH is 3. The lowest BCUT2D eigenvalue weighted by Gasteiger charge is -2.44. The van der Waals surface area contributed by atoms with E-state index >= 15 is 0 Å². The van der Waals surface area contributed by atoms with Gasteiger partial charge >= 0.3 is 37.1 Å². The molecule has 0 aromatic carbocycles. The lowest BCUT2D eigenvalue weighted by Crippen LogP contribution is -2.65. The standard InChI is InChI=1S/C12H21NO19S3/c14-4-1-3(2-28-34(22,23)24)29-12(5(4)13-33(19,20)21)31-7-6(15)8(32-35(25,26)27)11(18)30-9(7)10(16)17/h3-9,11-15,18H,1-2H2,(H,16,17)(H,19,20,21)(H,22,23,24)(H,25,26,27)/t3-,4-,5+,6-,7-,8+,9+,11+,12+/m0/s1. The van der Waals surface area contributed by atoms with Gasteiger partial charge in [-0.3, -0.25) is 13.7 Å². The van der Waals surface area contributed by atoms with E-state index in [4.69, 9.17) is 23.1 Å². The first-order valence-corrected chi connectivity index (χ1v) is 13.2. The van der Waals surface area contributed by atoms with Gasteiger partial charge in [0.15, 0.2) is 24.8 Å². The number of aliphatic carboxylic acids is 1. The van der Waals surface area contributed by atoms with E-state index in [-0.39, 0.29) is 0 Å². The van der Waals surface area contributed by atoms with Crippen molar-refractivity contribution in [2.75, 3.05) is 6.61 Å². The molecule has 206 valence electrons. The summed E-state index contributed by atoms with van der Waals surface area (Å²) in [6, 6.07) is -1.96.